The highest BCUT2D eigenvalue weighted by Gasteiger charge is 2.09. The lowest BCUT2D eigenvalue weighted by molar-refractivity contribution is -0.142. The lowest BCUT2D eigenvalue weighted by atomic mass is 10.0. The molecule has 1 atom stereocenters. The monoisotopic (exact) mass is 363 g/mol. The molecule has 0 heterocycles. The van der Waals surface area contributed by atoms with Gasteiger partial charge in [0.25, 0.3) is 0 Å². The maximum absolute atomic E-state index is 11.1. The molecule has 0 radical (unpaired) electrons. The van der Waals surface area contributed by atoms with E-state index in [9.17, 15) is 4.79 Å². The number of hydrogen-bond acceptors (Lipinski definition) is 4. The Morgan fingerprint density at radius 2 is 1.76 bits per heavy atom. The first-order valence-corrected chi connectivity index (χ1v) is 8.29. The largest absolute Gasteiger partial charge is 0.482 e. The summed E-state index contributed by atoms with van der Waals surface area (Å²) < 4.78 is 9.90. The third-order valence-corrected chi connectivity index (χ3v) is 3.84. The number of hydrogen-bond donors (Lipinski definition) is 1. The molecule has 0 amide bonds. The molecule has 2 aromatic rings. The molecule has 0 aliphatic rings. The lowest BCUT2D eigenvalue weighted by Gasteiger charge is -2.19. The van der Waals surface area contributed by atoms with E-state index in [0.29, 0.717) is 11.8 Å². The van der Waals surface area contributed by atoms with Crippen molar-refractivity contribution in [2.45, 2.75) is 32.4 Å². The van der Waals surface area contributed by atoms with Crippen LogP contribution < -0.4 is 10.1 Å². The van der Waals surface area contributed by atoms with Crippen LogP contribution in [0.1, 0.15) is 36.9 Å². The zero-order valence-corrected chi connectivity index (χ0v) is 15.6. The summed E-state index contributed by atoms with van der Waals surface area (Å²) in [6, 6.07) is 18.6. The first-order valence-electron chi connectivity index (χ1n) is 8.29. The van der Waals surface area contributed by atoms with Crippen molar-refractivity contribution in [2.24, 2.45) is 0 Å². The Labute approximate surface area is 155 Å². The number of nitrogens with one attached hydrogen (secondary N) is 1. The highest BCUT2D eigenvalue weighted by molar-refractivity contribution is 5.85. The Kier molecular flexibility index (Phi) is 9.66. The minimum Gasteiger partial charge on any atom is -0.482 e. The smallest absolute Gasteiger partial charge is 0.343 e. The lowest BCUT2D eigenvalue weighted by Crippen LogP contribution is -2.20. The number of halogens is 1. The summed E-state index contributed by atoms with van der Waals surface area (Å²) in [4.78, 5) is 11.1. The first kappa shape index (κ1) is 21.0. The molecule has 136 valence electrons. The van der Waals surface area contributed by atoms with Crippen LogP contribution in [-0.4, -0.2) is 19.7 Å². The normalized spacial score (nSPS) is 11.3. The van der Waals surface area contributed by atoms with Gasteiger partial charge in [-0.3, -0.25) is 0 Å². The summed E-state index contributed by atoms with van der Waals surface area (Å²) in [6.45, 7) is 2.92. The van der Waals surface area contributed by atoms with Gasteiger partial charge in [0.05, 0.1) is 7.11 Å². The minimum atomic E-state index is -0.383. The van der Waals surface area contributed by atoms with Crippen molar-refractivity contribution in [1.29, 1.82) is 0 Å². The van der Waals surface area contributed by atoms with Gasteiger partial charge in [0.1, 0.15) is 5.75 Å². The van der Waals surface area contributed by atoms with Crippen LogP contribution in [0.25, 0.3) is 0 Å². The van der Waals surface area contributed by atoms with Crippen molar-refractivity contribution in [2.75, 3.05) is 13.7 Å². The molecule has 1 N–H and O–H groups in total. The molecule has 25 heavy (non-hydrogen) atoms. The average Bonchev–Trinajstić information content (AvgIpc) is 2.64. The van der Waals surface area contributed by atoms with Crippen LogP contribution in [0.2, 0.25) is 0 Å². The van der Waals surface area contributed by atoms with E-state index in [0.717, 1.165) is 19.4 Å². The Bertz CT molecular complexity index is 617. The van der Waals surface area contributed by atoms with Crippen LogP contribution >= 0.6 is 12.4 Å². The van der Waals surface area contributed by atoms with Crippen LogP contribution in [0.4, 0.5) is 0 Å². The highest BCUT2D eigenvalue weighted by atomic mass is 35.5. The van der Waals surface area contributed by atoms with Gasteiger partial charge in [0.2, 0.25) is 0 Å². The number of carbonyl (C=O) groups is 1. The second kappa shape index (κ2) is 11.5. The molecule has 5 heteroatoms. The molecule has 0 saturated heterocycles. The predicted octanol–water partition coefficient (Wildman–Crippen LogP) is 4.29. The van der Waals surface area contributed by atoms with E-state index >= 15 is 0 Å². The fourth-order valence-electron chi connectivity index (χ4n) is 2.51. The summed E-state index contributed by atoms with van der Waals surface area (Å²) in [7, 11) is 1.35. The van der Waals surface area contributed by atoms with Crippen LogP contribution in [0.15, 0.2) is 54.6 Å². The van der Waals surface area contributed by atoms with Gasteiger partial charge in [-0.25, -0.2) is 4.79 Å². The summed E-state index contributed by atoms with van der Waals surface area (Å²) in [5.41, 5.74) is 2.50. The van der Waals surface area contributed by atoms with E-state index in [1.165, 1.54) is 18.2 Å². The molecular weight excluding hydrogens is 338 g/mol. The van der Waals surface area contributed by atoms with Crippen molar-refractivity contribution in [3.8, 4) is 5.75 Å². The van der Waals surface area contributed by atoms with Crippen molar-refractivity contribution < 1.29 is 14.3 Å². The van der Waals surface area contributed by atoms with Crippen LogP contribution in [-0.2, 0) is 16.1 Å². The van der Waals surface area contributed by atoms with Gasteiger partial charge in [-0.2, -0.15) is 0 Å². The van der Waals surface area contributed by atoms with Crippen LogP contribution in [0.5, 0.6) is 5.75 Å². The molecule has 2 rings (SSSR count). The van der Waals surface area contributed by atoms with E-state index in [1.807, 2.05) is 30.3 Å². The Balaban J connectivity index is 0.00000312. The molecule has 0 spiro atoms. The summed E-state index contributed by atoms with van der Waals surface area (Å²) in [5, 5.41) is 3.62. The second-order valence-corrected chi connectivity index (χ2v) is 5.64. The number of benzene rings is 2. The Morgan fingerprint density at radius 3 is 2.36 bits per heavy atom. The van der Waals surface area contributed by atoms with Gasteiger partial charge in [-0.15, -0.1) is 12.4 Å². The second-order valence-electron chi connectivity index (χ2n) is 5.64. The number of methoxy groups -OCH3 is 1. The third kappa shape index (κ3) is 7.16. The number of rotatable bonds is 9. The number of esters is 1. The van der Waals surface area contributed by atoms with Gasteiger partial charge in [0, 0.05) is 12.6 Å². The fraction of sp³-hybridized carbons (Fsp3) is 0.350. The molecule has 0 saturated carbocycles. The number of carbonyl (C=O) groups excluding carboxylic acids is 1. The molecule has 2 aromatic carbocycles. The molecule has 0 fully saturated rings. The van der Waals surface area contributed by atoms with Crippen molar-refractivity contribution in [3.05, 3.63) is 65.7 Å². The summed E-state index contributed by atoms with van der Waals surface area (Å²) >= 11 is 0. The van der Waals surface area contributed by atoms with Gasteiger partial charge in [0.15, 0.2) is 6.61 Å². The maximum atomic E-state index is 11.1. The fourth-order valence-corrected chi connectivity index (χ4v) is 2.51. The van der Waals surface area contributed by atoms with Crippen molar-refractivity contribution in [1.82, 2.24) is 5.32 Å². The zero-order chi connectivity index (χ0) is 17.2. The first-order chi connectivity index (χ1) is 11.7. The quantitative estimate of drug-likeness (QED) is 0.675. The van der Waals surface area contributed by atoms with Gasteiger partial charge >= 0.3 is 5.97 Å². The van der Waals surface area contributed by atoms with Gasteiger partial charge in [-0.1, -0.05) is 55.8 Å². The van der Waals surface area contributed by atoms with E-state index in [4.69, 9.17) is 4.74 Å². The van der Waals surface area contributed by atoms with Crippen LogP contribution in [0.3, 0.4) is 0 Å². The molecule has 0 aliphatic heterocycles. The summed E-state index contributed by atoms with van der Waals surface area (Å²) in [6.07, 6.45) is 2.23. The van der Waals surface area contributed by atoms with Crippen LogP contribution in [0, 0.1) is 0 Å². The Morgan fingerprint density at radius 1 is 1.08 bits per heavy atom. The van der Waals surface area contributed by atoms with E-state index in [1.54, 1.807) is 0 Å². The van der Waals surface area contributed by atoms with Crippen molar-refractivity contribution >= 4 is 18.4 Å². The molecular formula is C20H26ClNO3. The third-order valence-electron chi connectivity index (χ3n) is 3.84. The van der Waals surface area contributed by atoms with Crippen molar-refractivity contribution in [3.63, 3.8) is 0 Å². The zero-order valence-electron chi connectivity index (χ0n) is 14.7. The highest BCUT2D eigenvalue weighted by Crippen LogP contribution is 2.19. The average molecular weight is 364 g/mol. The molecule has 0 aliphatic carbocycles. The molecule has 0 aromatic heterocycles. The number of ether oxygens (including phenoxy) is 2. The summed E-state index contributed by atoms with van der Waals surface area (Å²) in [5.74, 6) is 0.281. The Hall–Kier alpha value is -2.04. The molecule has 4 nitrogen and oxygen atoms in total. The molecule has 0 bridgehead atoms. The van der Waals surface area contributed by atoms with E-state index in [-0.39, 0.29) is 25.0 Å². The van der Waals surface area contributed by atoms with E-state index < -0.39 is 0 Å². The molecule has 1 unspecified atom stereocenters. The minimum absolute atomic E-state index is 0. The topological polar surface area (TPSA) is 47.6 Å². The van der Waals surface area contributed by atoms with E-state index in [2.05, 4.69) is 41.2 Å². The predicted molar refractivity (Wildman–Crippen MR) is 102 cm³/mol. The van der Waals surface area contributed by atoms with Gasteiger partial charge in [-0.05, 0) is 29.7 Å². The SMILES string of the molecule is CCCC(NCc1ccc(OCC(=O)OC)cc1)c1ccccc1.Cl. The maximum Gasteiger partial charge on any atom is 0.343 e. The standard InChI is InChI=1S/C20H25NO3.ClH/c1-3-7-19(17-8-5-4-6-9-17)21-14-16-10-12-18(13-11-16)24-15-20(22)23-2;/h4-6,8-13,19,21H,3,7,14-15H2,1-2H3;1H. The van der Waals surface area contributed by atoms with Gasteiger partial charge < -0.3 is 14.8 Å².